The third-order valence-corrected chi connectivity index (χ3v) is 4.50. The Labute approximate surface area is 142 Å². The smallest absolute Gasteiger partial charge is 0.312 e. The van der Waals surface area contributed by atoms with E-state index in [1.807, 2.05) is 6.92 Å². The molecule has 0 aliphatic carbocycles. The van der Waals surface area contributed by atoms with Gasteiger partial charge >= 0.3 is 5.97 Å². The van der Waals surface area contributed by atoms with Crippen LogP contribution >= 0.6 is 0 Å². The fraction of sp³-hybridized carbons (Fsp3) is 0.947. The highest BCUT2D eigenvalue weighted by Crippen LogP contribution is 2.40. The minimum atomic E-state index is -0.485. The van der Waals surface area contributed by atoms with Crippen molar-refractivity contribution in [2.45, 2.75) is 81.1 Å². The molecular weight excluding hydrogens is 292 g/mol. The normalized spacial score (nSPS) is 25.5. The van der Waals surface area contributed by atoms with Gasteiger partial charge < -0.3 is 14.2 Å². The van der Waals surface area contributed by atoms with Crippen molar-refractivity contribution in [2.75, 3.05) is 13.2 Å². The Morgan fingerprint density at radius 3 is 2.09 bits per heavy atom. The van der Waals surface area contributed by atoms with Gasteiger partial charge in [-0.1, -0.05) is 55.4 Å². The largest absolute Gasteiger partial charge is 0.462 e. The Morgan fingerprint density at radius 1 is 1.13 bits per heavy atom. The molecule has 23 heavy (non-hydrogen) atoms. The Morgan fingerprint density at radius 2 is 1.70 bits per heavy atom. The molecule has 0 spiro atoms. The first-order valence-corrected chi connectivity index (χ1v) is 8.70. The number of carbonyl (C=O) groups is 1. The number of rotatable bonds is 5. The maximum atomic E-state index is 12.7. The van der Waals surface area contributed by atoms with Crippen LogP contribution in [0.3, 0.4) is 0 Å². The summed E-state index contributed by atoms with van der Waals surface area (Å²) in [5.41, 5.74) is -0.485. The Balaban J connectivity index is 2.61. The molecular formula is C19H36O4. The van der Waals surface area contributed by atoms with E-state index in [9.17, 15) is 4.79 Å². The third-order valence-electron chi connectivity index (χ3n) is 4.50. The summed E-state index contributed by atoms with van der Waals surface area (Å²) in [6, 6.07) is 0. The van der Waals surface area contributed by atoms with Crippen molar-refractivity contribution < 1.29 is 19.0 Å². The molecule has 4 heteroatoms. The first-order valence-electron chi connectivity index (χ1n) is 8.70. The van der Waals surface area contributed by atoms with Crippen LogP contribution in [0.4, 0.5) is 0 Å². The molecule has 0 amide bonds. The van der Waals surface area contributed by atoms with E-state index >= 15 is 0 Å². The minimum Gasteiger partial charge on any atom is -0.462 e. The van der Waals surface area contributed by atoms with Crippen molar-refractivity contribution in [2.24, 2.45) is 22.2 Å². The van der Waals surface area contributed by atoms with Gasteiger partial charge in [-0.2, -0.15) is 0 Å². The summed E-state index contributed by atoms with van der Waals surface area (Å²) in [6.45, 7) is 19.6. The number of ether oxygens (including phenoxy) is 3. The first kappa shape index (κ1) is 20.4. The predicted molar refractivity (Wildman–Crippen MR) is 92.0 cm³/mol. The van der Waals surface area contributed by atoms with E-state index in [-0.39, 0.29) is 41.7 Å². The molecule has 1 fully saturated rings. The maximum absolute atomic E-state index is 12.7. The lowest BCUT2D eigenvalue weighted by Gasteiger charge is -2.37. The van der Waals surface area contributed by atoms with Crippen LogP contribution in [0.25, 0.3) is 0 Å². The van der Waals surface area contributed by atoms with Crippen molar-refractivity contribution in [1.82, 2.24) is 0 Å². The number of esters is 1. The summed E-state index contributed by atoms with van der Waals surface area (Å²) < 4.78 is 17.1. The van der Waals surface area contributed by atoms with Crippen LogP contribution in [-0.4, -0.2) is 31.6 Å². The van der Waals surface area contributed by atoms with Crippen LogP contribution in [0.2, 0.25) is 0 Å². The summed E-state index contributed by atoms with van der Waals surface area (Å²) in [4.78, 5) is 12.7. The second kappa shape index (κ2) is 7.10. The molecule has 0 radical (unpaired) electrons. The summed E-state index contributed by atoms with van der Waals surface area (Å²) in [7, 11) is 0. The van der Waals surface area contributed by atoms with Crippen LogP contribution in [0.15, 0.2) is 0 Å². The van der Waals surface area contributed by atoms with E-state index in [2.05, 4.69) is 55.4 Å². The van der Waals surface area contributed by atoms with Gasteiger partial charge in [0, 0.05) is 5.41 Å². The van der Waals surface area contributed by atoms with E-state index < -0.39 is 5.41 Å². The summed E-state index contributed by atoms with van der Waals surface area (Å²) in [5.74, 6) is 0.0857. The minimum absolute atomic E-state index is 0.0718. The van der Waals surface area contributed by atoms with Gasteiger partial charge in [-0.15, -0.1) is 0 Å². The fourth-order valence-corrected chi connectivity index (χ4v) is 2.94. The van der Waals surface area contributed by atoms with E-state index in [0.29, 0.717) is 6.61 Å². The quantitative estimate of drug-likeness (QED) is 0.701. The molecule has 1 aliphatic rings. The van der Waals surface area contributed by atoms with Crippen LogP contribution in [-0.2, 0) is 19.0 Å². The van der Waals surface area contributed by atoms with Crippen LogP contribution < -0.4 is 0 Å². The third kappa shape index (κ3) is 5.75. The molecule has 4 nitrogen and oxygen atoms in total. The van der Waals surface area contributed by atoms with E-state index in [4.69, 9.17) is 14.2 Å². The molecule has 0 saturated carbocycles. The van der Waals surface area contributed by atoms with E-state index in [1.165, 1.54) is 0 Å². The lowest BCUT2D eigenvalue weighted by molar-refractivity contribution is -0.167. The topological polar surface area (TPSA) is 44.8 Å². The molecule has 0 bridgehead atoms. The van der Waals surface area contributed by atoms with Gasteiger partial charge in [0.05, 0.1) is 12.0 Å². The van der Waals surface area contributed by atoms with Crippen molar-refractivity contribution in [3.05, 3.63) is 0 Å². The number of hydrogen-bond acceptors (Lipinski definition) is 4. The number of hydrogen-bond donors (Lipinski definition) is 0. The highest BCUT2D eigenvalue weighted by atomic mass is 16.7. The average molecular weight is 328 g/mol. The van der Waals surface area contributed by atoms with E-state index in [1.54, 1.807) is 0 Å². The zero-order valence-electron chi connectivity index (χ0n) is 16.5. The van der Waals surface area contributed by atoms with Gasteiger partial charge in [0.25, 0.3) is 0 Å². The van der Waals surface area contributed by atoms with Crippen molar-refractivity contribution in [3.63, 3.8) is 0 Å². The molecule has 3 atom stereocenters. The van der Waals surface area contributed by atoms with Crippen molar-refractivity contribution in [3.8, 4) is 0 Å². The lowest BCUT2D eigenvalue weighted by Crippen LogP contribution is -2.39. The Bertz CT molecular complexity index is 403. The average Bonchev–Trinajstić information content (AvgIpc) is 2.81. The van der Waals surface area contributed by atoms with Crippen LogP contribution in [0, 0.1) is 22.2 Å². The van der Waals surface area contributed by atoms with Gasteiger partial charge in [-0.25, -0.2) is 0 Å². The highest BCUT2D eigenvalue weighted by molar-refractivity contribution is 5.76. The SMILES string of the molecule is CC(C)C(C)(CC(C)(C)C)C(=O)OCC1COC(C(C)(C)C)O1. The van der Waals surface area contributed by atoms with Gasteiger partial charge in [-0.3, -0.25) is 4.79 Å². The highest BCUT2D eigenvalue weighted by Gasteiger charge is 2.42. The van der Waals surface area contributed by atoms with Crippen molar-refractivity contribution >= 4 is 5.97 Å². The lowest BCUT2D eigenvalue weighted by atomic mass is 9.69. The number of carbonyl (C=O) groups excluding carboxylic acids is 1. The molecule has 1 saturated heterocycles. The van der Waals surface area contributed by atoms with Gasteiger partial charge in [-0.05, 0) is 24.7 Å². The second-order valence-electron chi connectivity index (χ2n) is 9.70. The maximum Gasteiger partial charge on any atom is 0.312 e. The standard InChI is InChI=1S/C19H36O4/c1-13(2)19(9,12-17(3,4)5)15(20)21-10-14-11-22-16(23-14)18(6,7)8/h13-14,16H,10-12H2,1-9H3. The molecule has 3 unspecified atom stereocenters. The van der Waals surface area contributed by atoms with E-state index in [0.717, 1.165) is 6.42 Å². The van der Waals surface area contributed by atoms with Crippen LogP contribution in [0.5, 0.6) is 0 Å². The predicted octanol–water partition coefficient (Wildman–Crippen LogP) is 4.42. The molecule has 136 valence electrons. The second-order valence-corrected chi connectivity index (χ2v) is 9.70. The summed E-state index contributed by atoms with van der Waals surface area (Å²) in [6.07, 6.45) is 0.384. The van der Waals surface area contributed by atoms with Gasteiger partial charge in [0.2, 0.25) is 0 Å². The Kier molecular flexibility index (Phi) is 6.31. The van der Waals surface area contributed by atoms with Crippen LogP contribution in [0.1, 0.15) is 68.7 Å². The molecule has 1 rings (SSSR count). The molecule has 1 heterocycles. The molecule has 0 aromatic rings. The zero-order valence-corrected chi connectivity index (χ0v) is 16.5. The first-order chi connectivity index (χ1) is 10.3. The monoisotopic (exact) mass is 328 g/mol. The van der Waals surface area contributed by atoms with Gasteiger partial charge in [0.15, 0.2) is 6.29 Å². The zero-order chi connectivity index (χ0) is 18.1. The summed E-state index contributed by atoms with van der Waals surface area (Å²) in [5, 5.41) is 0. The molecule has 1 aliphatic heterocycles. The molecule has 0 aromatic heterocycles. The molecule has 0 aromatic carbocycles. The van der Waals surface area contributed by atoms with Crippen molar-refractivity contribution in [1.29, 1.82) is 0 Å². The van der Waals surface area contributed by atoms with Gasteiger partial charge in [0.1, 0.15) is 12.7 Å². The fourth-order valence-electron chi connectivity index (χ4n) is 2.94. The summed E-state index contributed by atoms with van der Waals surface area (Å²) >= 11 is 0. The Hall–Kier alpha value is -0.610. The molecule has 0 N–H and O–H groups in total.